The number of hydrogen-bond donors (Lipinski definition) is 1. The van der Waals surface area contributed by atoms with Crippen molar-refractivity contribution in [2.45, 2.75) is 18.8 Å². The molecule has 2 aliphatic heterocycles. The van der Waals surface area contributed by atoms with Gasteiger partial charge in [-0.3, -0.25) is 9.69 Å². The van der Waals surface area contributed by atoms with Crippen LogP contribution in [0.1, 0.15) is 24.7 Å². The third-order valence-electron chi connectivity index (χ3n) is 6.46. The highest BCUT2D eigenvalue weighted by Crippen LogP contribution is 2.30. The van der Waals surface area contributed by atoms with Crippen LogP contribution in [0, 0.1) is 0 Å². The fourth-order valence-corrected chi connectivity index (χ4v) is 4.61. The zero-order chi connectivity index (χ0) is 21.2. The van der Waals surface area contributed by atoms with E-state index in [2.05, 4.69) is 14.8 Å². The molecular formula is C24H28N4O3. The third kappa shape index (κ3) is 4.23. The van der Waals surface area contributed by atoms with Crippen molar-refractivity contribution in [2.24, 2.45) is 0 Å². The predicted molar refractivity (Wildman–Crippen MR) is 119 cm³/mol. The molecule has 0 aliphatic carbocycles. The quantitative estimate of drug-likeness (QED) is 0.699. The van der Waals surface area contributed by atoms with Crippen molar-refractivity contribution in [2.75, 3.05) is 50.7 Å². The fourth-order valence-electron chi connectivity index (χ4n) is 4.61. The first-order valence-corrected chi connectivity index (χ1v) is 11.1. The van der Waals surface area contributed by atoms with E-state index in [9.17, 15) is 9.90 Å². The number of phenolic OH excluding ortho intramolecular Hbond substituents is 1. The van der Waals surface area contributed by atoms with E-state index in [1.54, 1.807) is 6.07 Å². The molecule has 0 bridgehead atoms. The molecule has 0 spiro atoms. The highest BCUT2D eigenvalue weighted by molar-refractivity contribution is 5.78. The second-order valence-electron chi connectivity index (χ2n) is 8.43. The van der Waals surface area contributed by atoms with Gasteiger partial charge in [0.15, 0.2) is 11.5 Å². The molecule has 0 unspecified atom stereocenters. The number of benzene rings is 2. The first kappa shape index (κ1) is 19.9. The van der Waals surface area contributed by atoms with Gasteiger partial charge < -0.3 is 19.3 Å². The van der Waals surface area contributed by atoms with E-state index in [4.69, 9.17) is 4.42 Å². The molecule has 0 radical (unpaired) electrons. The van der Waals surface area contributed by atoms with E-state index < -0.39 is 0 Å². The van der Waals surface area contributed by atoms with Gasteiger partial charge in [0.05, 0.1) is 12.2 Å². The Balaban J connectivity index is 1.11. The Morgan fingerprint density at radius 1 is 0.968 bits per heavy atom. The minimum absolute atomic E-state index is 0.201. The number of amides is 1. The van der Waals surface area contributed by atoms with Crippen molar-refractivity contribution < 1.29 is 14.3 Å². The molecule has 1 aromatic heterocycles. The van der Waals surface area contributed by atoms with Crippen LogP contribution >= 0.6 is 0 Å². The average molecular weight is 421 g/mol. The maximum absolute atomic E-state index is 12.8. The van der Waals surface area contributed by atoms with Crippen LogP contribution in [0.3, 0.4) is 0 Å². The van der Waals surface area contributed by atoms with Crippen LogP contribution in [-0.2, 0) is 4.79 Å². The Kier molecular flexibility index (Phi) is 5.51. The summed E-state index contributed by atoms with van der Waals surface area (Å²) >= 11 is 0. The van der Waals surface area contributed by atoms with Crippen LogP contribution in [-0.4, -0.2) is 71.6 Å². The van der Waals surface area contributed by atoms with E-state index in [0.717, 1.165) is 74.8 Å². The van der Waals surface area contributed by atoms with Gasteiger partial charge in [0.25, 0.3) is 0 Å². The lowest BCUT2D eigenvalue weighted by molar-refractivity contribution is -0.133. The maximum Gasteiger partial charge on any atom is 0.236 e. The van der Waals surface area contributed by atoms with Crippen molar-refractivity contribution in [3.63, 3.8) is 0 Å². The fraction of sp³-hybridized carbons (Fsp3) is 0.417. The molecule has 0 saturated carbocycles. The van der Waals surface area contributed by atoms with Crippen molar-refractivity contribution in [1.29, 1.82) is 0 Å². The summed E-state index contributed by atoms with van der Waals surface area (Å²) in [5.41, 5.74) is 2.60. The van der Waals surface area contributed by atoms with Gasteiger partial charge in [-0.15, -0.1) is 0 Å². The van der Waals surface area contributed by atoms with Crippen LogP contribution < -0.4 is 4.90 Å². The minimum atomic E-state index is 0.201. The van der Waals surface area contributed by atoms with Crippen LogP contribution in [0.5, 0.6) is 5.75 Å². The Hall–Kier alpha value is -3.06. The van der Waals surface area contributed by atoms with Gasteiger partial charge in [-0.05, 0) is 37.1 Å². The summed E-state index contributed by atoms with van der Waals surface area (Å²) in [7, 11) is 0. The SMILES string of the molecule is O=C(CN1CCN(c2ccccc2O)CC1)N1CCC(c2nc3ccccc3o2)CC1. The van der Waals surface area contributed by atoms with Crippen LogP contribution in [0.2, 0.25) is 0 Å². The predicted octanol–water partition coefficient (Wildman–Crippen LogP) is 3.06. The Morgan fingerprint density at radius 2 is 1.68 bits per heavy atom. The van der Waals surface area contributed by atoms with Crippen molar-refractivity contribution >= 4 is 22.7 Å². The smallest absolute Gasteiger partial charge is 0.236 e. The molecule has 2 aromatic carbocycles. The zero-order valence-electron chi connectivity index (χ0n) is 17.6. The number of aromatic nitrogens is 1. The van der Waals surface area contributed by atoms with E-state index in [1.807, 2.05) is 47.4 Å². The maximum atomic E-state index is 12.8. The Bertz CT molecular complexity index is 1020. The number of piperidine rings is 1. The summed E-state index contributed by atoms with van der Waals surface area (Å²) in [6, 6.07) is 15.3. The molecule has 5 rings (SSSR count). The number of aromatic hydroxyl groups is 1. The van der Waals surface area contributed by atoms with Gasteiger partial charge in [0.1, 0.15) is 11.3 Å². The third-order valence-corrected chi connectivity index (χ3v) is 6.46. The number of rotatable bonds is 4. The van der Waals surface area contributed by atoms with E-state index in [1.165, 1.54) is 0 Å². The number of para-hydroxylation sites is 4. The second kappa shape index (κ2) is 8.59. The van der Waals surface area contributed by atoms with E-state index in [-0.39, 0.29) is 11.8 Å². The van der Waals surface area contributed by atoms with E-state index in [0.29, 0.717) is 12.3 Å². The molecule has 162 valence electrons. The lowest BCUT2D eigenvalue weighted by Crippen LogP contribution is -2.51. The number of anilines is 1. The summed E-state index contributed by atoms with van der Waals surface area (Å²) in [5, 5.41) is 10.1. The molecule has 2 saturated heterocycles. The highest BCUT2D eigenvalue weighted by Gasteiger charge is 2.28. The topological polar surface area (TPSA) is 73.1 Å². The monoisotopic (exact) mass is 420 g/mol. The standard InChI is InChI=1S/C24H28N4O3/c29-21-7-3-2-6-20(21)27-15-13-26(14-16-27)17-23(30)28-11-9-18(10-12-28)24-25-19-5-1-4-8-22(19)31-24/h1-8,18,29H,9-17H2. The number of phenols is 1. The number of fused-ring (bicyclic) bond motifs is 1. The first-order chi connectivity index (χ1) is 15.2. The second-order valence-corrected chi connectivity index (χ2v) is 8.43. The molecule has 3 heterocycles. The van der Waals surface area contributed by atoms with Gasteiger partial charge in [-0.1, -0.05) is 24.3 Å². The van der Waals surface area contributed by atoms with Crippen LogP contribution in [0.15, 0.2) is 52.9 Å². The van der Waals surface area contributed by atoms with Crippen LogP contribution in [0.4, 0.5) is 5.69 Å². The van der Waals surface area contributed by atoms with Crippen molar-refractivity contribution in [1.82, 2.24) is 14.8 Å². The van der Waals surface area contributed by atoms with Crippen molar-refractivity contribution in [3.8, 4) is 5.75 Å². The molecule has 7 nitrogen and oxygen atoms in total. The number of piperazine rings is 1. The van der Waals surface area contributed by atoms with Crippen LogP contribution in [0.25, 0.3) is 11.1 Å². The summed E-state index contributed by atoms with van der Waals surface area (Å²) in [4.78, 5) is 23.9. The summed E-state index contributed by atoms with van der Waals surface area (Å²) in [6.45, 7) is 5.22. The molecular weight excluding hydrogens is 392 g/mol. The highest BCUT2D eigenvalue weighted by atomic mass is 16.3. The number of nitrogens with zero attached hydrogens (tertiary/aromatic N) is 4. The molecule has 1 N–H and O–H groups in total. The number of carbonyl (C=O) groups excluding carboxylic acids is 1. The van der Waals surface area contributed by atoms with E-state index >= 15 is 0 Å². The molecule has 2 aliphatic rings. The normalized spacial score (nSPS) is 18.6. The largest absolute Gasteiger partial charge is 0.506 e. The van der Waals surface area contributed by atoms with Gasteiger partial charge >= 0.3 is 0 Å². The minimum Gasteiger partial charge on any atom is -0.506 e. The Labute approximate surface area is 181 Å². The summed E-state index contributed by atoms with van der Waals surface area (Å²) in [6.07, 6.45) is 1.78. The lowest BCUT2D eigenvalue weighted by Gasteiger charge is -2.37. The number of carbonyl (C=O) groups is 1. The lowest BCUT2D eigenvalue weighted by atomic mass is 9.96. The van der Waals surface area contributed by atoms with Crippen molar-refractivity contribution in [3.05, 3.63) is 54.4 Å². The number of hydrogen-bond acceptors (Lipinski definition) is 6. The molecule has 3 aromatic rings. The summed E-state index contributed by atoms with van der Waals surface area (Å²) < 4.78 is 5.93. The molecule has 0 atom stereocenters. The van der Waals surface area contributed by atoms with Gasteiger partial charge in [-0.2, -0.15) is 0 Å². The molecule has 1 amide bonds. The van der Waals surface area contributed by atoms with Gasteiger partial charge in [0, 0.05) is 45.2 Å². The van der Waals surface area contributed by atoms with Gasteiger partial charge in [0.2, 0.25) is 5.91 Å². The average Bonchev–Trinajstić information content (AvgIpc) is 3.24. The molecule has 7 heteroatoms. The number of oxazole rings is 1. The first-order valence-electron chi connectivity index (χ1n) is 11.1. The number of likely N-dealkylation sites (tertiary alicyclic amines) is 1. The van der Waals surface area contributed by atoms with Gasteiger partial charge in [-0.25, -0.2) is 4.98 Å². The molecule has 2 fully saturated rings. The zero-order valence-corrected chi connectivity index (χ0v) is 17.6. The Morgan fingerprint density at radius 3 is 2.42 bits per heavy atom. The molecule has 31 heavy (non-hydrogen) atoms. The summed E-state index contributed by atoms with van der Waals surface area (Å²) in [5.74, 6) is 1.59.